The maximum absolute atomic E-state index is 14.3. The summed E-state index contributed by atoms with van der Waals surface area (Å²) in [7, 11) is 6.64. The van der Waals surface area contributed by atoms with Gasteiger partial charge in [-0.05, 0) is 74.9 Å². The SMILES string of the molecule is CN(C)NC(=O)[C@@H](Cc1cccs1)N(C)C(=O)[C@@H](Cc1ccc2ccccc2c1)N(C)C(=O)C=CCC(C)(C)NC(=O)OC(C)(C)C. The number of rotatable bonds is 13. The smallest absolute Gasteiger partial charge is 0.408 e. The molecule has 0 saturated heterocycles. The number of carbonyl (C=O) groups excluding carboxylic acids is 4. The van der Waals surface area contributed by atoms with Crippen LogP contribution in [0.15, 0.2) is 72.1 Å². The summed E-state index contributed by atoms with van der Waals surface area (Å²) in [4.78, 5) is 57.5. The van der Waals surface area contributed by atoms with E-state index >= 15 is 0 Å². The molecule has 4 amide bonds. The van der Waals surface area contributed by atoms with Gasteiger partial charge in [-0.15, -0.1) is 11.3 Å². The van der Waals surface area contributed by atoms with Crippen molar-refractivity contribution in [2.75, 3.05) is 28.2 Å². The van der Waals surface area contributed by atoms with Crippen molar-refractivity contribution in [1.82, 2.24) is 25.6 Å². The molecule has 2 atom stereocenters. The molecule has 0 aliphatic rings. The largest absolute Gasteiger partial charge is 0.444 e. The van der Waals surface area contributed by atoms with Gasteiger partial charge in [-0.25, -0.2) is 9.80 Å². The highest BCUT2D eigenvalue weighted by atomic mass is 32.1. The van der Waals surface area contributed by atoms with Crippen molar-refractivity contribution < 1.29 is 23.9 Å². The summed E-state index contributed by atoms with van der Waals surface area (Å²) in [5.74, 6) is -1.06. The number of benzene rings is 2. The number of nitrogens with zero attached hydrogens (tertiary/aromatic N) is 3. The van der Waals surface area contributed by atoms with Crippen LogP contribution in [0.5, 0.6) is 0 Å². The normalized spacial score (nSPS) is 13.3. The molecular weight excluding hydrogens is 614 g/mol. The van der Waals surface area contributed by atoms with Crippen LogP contribution in [0.4, 0.5) is 4.79 Å². The fraction of sp³-hybridized carbons (Fsp3) is 0.444. The maximum Gasteiger partial charge on any atom is 0.408 e. The lowest BCUT2D eigenvalue weighted by Crippen LogP contribution is -2.57. The van der Waals surface area contributed by atoms with Crippen molar-refractivity contribution in [2.24, 2.45) is 0 Å². The number of amides is 4. The van der Waals surface area contributed by atoms with Crippen LogP contribution in [0.1, 0.15) is 51.5 Å². The molecule has 0 fully saturated rings. The van der Waals surface area contributed by atoms with E-state index in [1.165, 1.54) is 27.2 Å². The van der Waals surface area contributed by atoms with Crippen molar-refractivity contribution in [3.05, 3.63) is 82.6 Å². The minimum absolute atomic E-state index is 0.247. The number of thiophene rings is 1. The van der Waals surface area contributed by atoms with Crippen LogP contribution in [0.2, 0.25) is 0 Å². The van der Waals surface area contributed by atoms with E-state index in [1.54, 1.807) is 60.0 Å². The summed E-state index contributed by atoms with van der Waals surface area (Å²) in [5, 5.41) is 8.42. The van der Waals surface area contributed by atoms with Crippen molar-refractivity contribution in [2.45, 2.75) is 77.1 Å². The Balaban J connectivity index is 1.88. The highest BCUT2D eigenvalue weighted by molar-refractivity contribution is 7.09. The summed E-state index contributed by atoms with van der Waals surface area (Å²) in [5.41, 5.74) is 2.36. The molecule has 3 rings (SSSR count). The fourth-order valence-electron chi connectivity index (χ4n) is 5.04. The van der Waals surface area contributed by atoms with Crippen LogP contribution in [-0.2, 0) is 32.0 Å². The van der Waals surface area contributed by atoms with Gasteiger partial charge in [-0.3, -0.25) is 19.8 Å². The van der Waals surface area contributed by atoms with Crippen LogP contribution < -0.4 is 10.7 Å². The molecule has 11 heteroatoms. The number of ether oxygens (including phenoxy) is 1. The van der Waals surface area contributed by atoms with Gasteiger partial charge in [0.15, 0.2) is 0 Å². The number of hydrazine groups is 1. The predicted octanol–water partition coefficient (Wildman–Crippen LogP) is 5.18. The zero-order chi connectivity index (χ0) is 34.9. The van der Waals surface area contributed by atoms with Crippen LogP contribution in [0.3, 0.4) is 0 Å². The predicted molar refractivity (Wildman–Crippen MR) is 188 cm³/mol. The van der Waals surface area contributed by atoms with Crippen LogP contribution in [-0.4, -0.2) is 90.0 Å². The van der Waals surface area contributed by atoms with E-state index in [0.717, 1.165) is 21.2 Å². The molecule has 10 nitrogen and oxygen atoms in total. The summed E-state index contributed by atoms with van der Waals surface area (Å²) in [6.45, 7) is 9.05. The van der Waals surface area contributed by atoms with Gasteiger partial charge in [0, 0.05) is 51.4 Å². The molecule has 0 bridgehead atoms. The first-order valence-corrected chi connectivity index (χ1v) is 16.5. The zero-order valence-electron chi connectivity index (χ0n) is 29.0. The number of hydrogen-bond acceptors (Lipinski definition) is 7. The van der Waals surface area contributed by atoms with Gasteiger partial charge in [0.2, 0.25) is 11.8 Å². The third-order valence-corrected chi connectivity index (χ3v) is 8.40. The van der Waals surface area contributed by atoms with Crippen molar-refractivity contribution >= 4 is 45.9 Å². The lowest BCUT2D eigenvalue weighted by Gasteiger charge is -2.34. The van der Waals surface area contributed by atoms with Crippen LogP contribution in [0, 0.1) is 0 Å². The van der Waals surface area contributed by atoms with E-state index in [9.17, 15) is 19.2 Å². The second kappa shape index (κ2) is 16.1. The van der Waals surface area contributed by atoms with E-state index < -0.39 is 29.3 Å². The first-order valence-electron chi connectivity index (χ1n) is 15.6. The molecule has 1 heterocycles. The Hall–Kier alpha value is -4.22. The van der Waals surface area contributed by atoms with Gasteiger partial charge in [-0.2, -0.15) is 0 Å². The fourth-order valence-corrected chi connectivity index (χ4v) is 5.79. The number of likely N-dealkylation sites (N-methyl/N-ethyl adjacent to an activating group) is 2. The standard InChI is InChI=1S/C36H49N5O5S/c1-35(2,3)46-34(45)37-36(4,5)20-12-17-31(42)40(8)30(23-25-18-19-26-14-10-11-15-27(26)22-25)33(44)41(9)29(32(43)38-39(6)7)24-28-16-13-21-47-28/h10-19,21-22,29-30H,20,23-24H2,1-9H3,(H,37,45)(H,38,43)/t29-,30-/m1/s1. The van der Waals surface area contributed by atoms with Gasteiger partial charge in [0.05, 0.1) is 0 Å². The minimum atomic E-state index is -0.899. The summed E-state index contributed by atoms with van der Waals surface area (Å²) in [6.07, 6.45) is 3.49. The van der Waals surface area contributed by atoms with Gasteiger partial charge in [0.25, 0.3) is 5.91 Å². The molecule has 0 saturated carbocycles. The molecular formula is C36H49N5O5S. The number of alkyl carbamates (subject to hydrolysis) is 1. The lowest BCUT2D eigenvalue weighted by molar-refractivity contribution is -0.147. The molecule has 0 aliphatic carbocycles. The Labute approximate surface area is 282 Å². The first-order chi connectivity index (χ1) is 22.0. The van der Waals surface area contributed by atoms with Gasteiger partial charge in [0.1, 0.15) is 17.7 Å². The molecule has 254 valence electrons. The van der Waals surface area contributed by atoms with Gasteiger partial charge in [-0.1, -0.05) is 54.6 Å². The molecule has 2 N–H and O–H groups in total. The number of hydrogen-bond donors (Lipinski definition) is 2. The Morgan fingerprint density at radius 3 is 2.15 bits per heavy atom. The van der Waals surface area contributed by atoms with Crippen molar-refractivity contribution in [3.63, 3.8) is 0 Å². The van der Waals surface area contributed by atoms with E-state index in [1.807, 2.05) is 73.8 Å². The quantitative estimate of drug-likeness (QED) is 0.193. The molecule has 0 unspecified atom stereocenters. The third kappa shape index (κ3) is 11.5. The summed E-state index contributed by atoms with van der Waals surface area (Å²) < 4.78 is 5.37. The van der Waals surface area contributed by atoms with Gasteiger partial charge < -0.3 is 19.9 Å². The summed E-state index contributed by atoms with van der Waals surface area (Å²) in [6, 6.07) is 16.1. The number of nitrogens with one attached hydrogen (secondary N) is 2. The lowest BCUT2D eigenvalue weighted by atomic mass is 9.98. The highest BCUT2D eigenvalue weighted by Gasteiger charge is 2.35. The molecule has 1 aromatic heterocycles. The Kier molecular flexibility index (Phi) is 12.7. The van der Waals surface area contributed by atoms with Crippen molar-refractivity contribution in [3.8, 4) is 0 Å². The maximum atomic E-state index is 14.3. The number of fused-ring (bicyclic) bond motifs is 1. The van der Waals surface area contributed by atoms with E-state index in [4.69, 9.17) is 4.74 Å². The summed E-state index contributed by atoms with van der Waals surface area (Å²) >= 11 is 1.52. The monoisotopic (exact) mass is 663 g/mol. The molecule has 0 radical (unpaired) electrons. The molecule has 47 heavy (non-hydrogen) atoms. The van der Waals surface area contributed by atoms with Crippen LogP contribution in [0.25, 0.3) is 10.8 Å². The van der Waals surface area contributed by atoms with E-state index in [2.05, 4.69) is 10.7 Å². The first kappa shape index (κ1) is 37.2. The Bertz CT molecular complexity index is 1560. The molecule has 3 aromatic rings. The van der Waals surface area contributed by atoms with E-state index in [-0.39, 0.29) is 24.1 Å². The second-order valence-electron chi connectivity index (χ2n) is 13.6. The molecule has 0 spiro atoms. The van der Waals surface area contributed by atoms with Gasteiger partial charge >= 0.3 is 6.09 Å². The molecule has 2 aromatic carbocycles. The zero-order valence-corrected chi connectivity index (χ0v) is 29.8. The van der Waals surface area contributed by atoms with Crippen molar-refractivity contribution in [1.29, 1.82) is 0 Å². The van der Waals surface area contributed by atoms with E-state index in [0.29, 0.717) is 12.8 Å². The minimum Gasteiger partial charge on any atom is -0.444 e. The average Bonchev–Trinajstić information content (AvgIpc) is 3.49. The highest BCUT2D eigenvalue weighted by Crippen LogP contribution is 2.21. The molecule has 0 aliphatic heterocycles. The third-order valence-electron chi connectivity index (χ3n) is 7.50. The number of carbonyl (C=O) groups is 4. The Morgan fingerprint density at radius 1 is 0.851 bits per heavy atom. The topological polar surface area (TPSA) is 111 Å². The second-order valence-corrected chi connectivity index (χ2v) is 14.6. The average molecular weight is 664 g/mol. The van der Waals surface area contributed by atoms with Crippen LogP contribution >= 0.6 is 11.3 Å². The Morgan fingerprint density at radius 2 is 1.53 bits per heavy atom.